The number of hydrogen-bond donors (Lipinski definition) is 1. The summed E-state index contributed by atoms with van der Waals surface area (Å²) in [6, 6.07) is 18.2. The molecule has 2 aromatic carbocycles. The Balaban J connectivity index is 1.48. The summed E-state index contributed by atoms with van der Waals surface area (Å²) < 4.78 is 11.2. The lowest BCUT2D eigenvalue weighted by Crippen LogP contribution is -2.45. The van der Waals surface area contributed by atoms with Crippen LogP contribution in [0.1, 0.15) is 30.9 Å². The first-order chi connectivity index (χ1) is 14.7. The van der Waals surface area contributed by atoms with Gasteiger partial charge in [-0.2, -0.15) is 0 Å². The van der Waals surface area contributed by atoms with E-state index in [1.54, 1.807) is 6.20 Å². The number of carbonyl (C=O) groups excluding carboxylic acids is 1. The molecular weight excluding hydrogens is 376 g/mol. The predicted molar refractivity (Wildman–Crippen MR) is 118 cm³/mol. The van der Waals surface area contributed by atoms with Gasteiger partial charge in [-0.3, -0.25) is 9.78 Å². The number of fused-ring (bicyclic) bond motifs is 1. The molecule has 5 heteroatoms. The van der Waals surface area contributed by atoms with Crippen molar-refractivity contribution in [2.24, 2.45) is 0 Å². The van der Waals surface area contributed by atoms with E-state index in [2.05, 4.69) is 22.4 Å². The molecule has 0 bridgehead atoms. The van der Waals surface area contributed by atoms with E-state index in [0.717, 1.165) is 35.1 Å². The second-order valence-corrected chi connectivity index (χ2v) is 7.80. The predicted octanol–water partition coefficient (Wildman–Crippen LogP) is 4.04. The van der Waals surface area contributed by atoms with Gasteiger partial charge in [0.15, 0.2) is 0 Å². The zero-order valence-electron chi connectivity index (χ0n) is 17.4. The van der Waals surface area contributed by atoms with Crippen molar-refractivity contribution >= 4 is 16.8 Å². The van der Waals surface area contributed by atoms with Crippen molar-refractivity contribution in [2.45, 2.75) is 31.6 Å². The van der Waals surface area contributed by atoms with Gasteiger partial charge in [-0.25, -0.2) is 0 Å². The summed E-state index contributed by atoms with van der Waals surface area (Å²) in [6.07, 6.45) is 3.87. The molecule has 1 N–H and O–H groups in total. The molecule has 4 rings (SSSR count). The van der Waals surface area contributed by atoms with E-state index in [4.69, 9.17) is 9.47 Å². The highest BCUT2D eigenvalue weighted by Gasteiger charge is 2.35. The van der Waals surface area contributed by atoms with Crippen LogP contribution in [-0.2, 0) is 21.4 Å². The molecule has 0 spiro atoms. The molecule has 2 heterocycles. The van der Waals surface area contributed by atoms with Crippen LogP contribution in [0.2, 0.25) is 0 Å². The number of nitrogens with zero attached hydrogens (tertiary/aromatic N) is 1. The summed E-state index contributed by atoms with van der Waals surface area (Å²) in [5, 5.41) is 4.24. The van der Waals surface area contributed by atoms with Crippen molar-refractivity contribution in [3.05, 3.63) is 71.9 Å². The maximum atomic E-state index is 12.8. The first-order valence-electron chi connectivity index (χ1n) is 10.6. The minimum atomic E-state index is -0.115. The normalized spacial score (nSPS) is 15.6. The third-order valence-electron chi connectivity index (χ3n) is 5.92. The highest BCUT2D eigenvalue weighted by Crippen LogP contribution is 2.35. The molecule has 0 radical (unpaired) electrons. The van der Waals surface area contributed by atoms with Crippen LogP contribution in [0.25, 0.3) is 10.9 Å². The van der Waals surface area contributed by atoms with E-state index in [-0.39, 0.29) is 11.3 Å². The molecule has 5 nitrogen and oxygen atoms in total. The quantitative estimate of drug-likeness (QED) is 0.646. The van der Waals surface area contributed by atoms with E-state index in [0.29, 0.717) is 32.8 Å². The number of benzene rings is 2. The number of pyridine rings is 1. The Kier molecular flexibility index (Phi) is 6.29. The molecule has 1 fully saturated rings. The van der Waals surface area contributed by atoms with E-state index in [1.807, 2.05) is 49.4 Å². The molecule has 0 saturated carbocycles. The molecule has 3 aromatic rings. The van der Waals surface area contributed by atoms with Gasteiger partial charge in [0.1, 0.15) is 5.75 Å². The summed E-state index contributed by atoms with van der Waals surface area (Å²) in [7, 11) is 0. The Labute approximate surface area is 177 Å². The average Bonchev–Trinajstić information content (AvgIpc) is 2.79. The van der Waals surface area contributed by atoms with Gasteiger partial charge in [0.2, 0.25) is 5.91 Å². The van der Waals surface area contributed by atoms with Crippen LogP contribution in [0.15, 0.2) is 60.8 Å². The number of rotatable bonds is 7. The summed E-state index contributed by atoms with van der Waals surface area (Å²) in [5.74, 6) is 0.890. The third kappa shape index (κ3) is 4.46. The largest absolute Gasteiger partial charge is 0.494 e. The van der Waals surface area contributed by atoms with Gasteiger partial charge in [-0.15, -0.1) is 0 Å². The van der Waals surface area contributed by atoms with Crippen LogP contribution in [0.5, 0.6) is 5.75 Å². The van der Waals surface area contributed by atoms with Crippen LogP contribution >= 0.6 is 0 Å². The monoisotopic (exact) mass is 404 g/mol. The van der Waals surface area contributed by atoms with Crippen LogP contribution in [0.4, 0.5) is 0 Å². The summed E-state index contributed by atoms with van der Waals surface area (Å²) in [5.41, 5.74) is 2.95. The van der Waals surface area contributed by atoms with Crippen molar-refractivity contribution in [1.29, 1.82) is 0 Å². The van der Waals surface area contributed by atoms with E-state index >= 15 is 0 Å². The standard InChI is InChI=1S/C25H28N2O3/c1-2-30-22-10-8-21(9-11-22)25(12-15-29-16-13-25)18-27-23(28)17-20-6-3-5-19-7-4-14-26-24(19)20/h3-11,14H,2,12-13,15-18H2,1H3,(H,27,28). The van der Waals surface area contributed by atoms with Crippen LogP contribution in [0, 0.1) is 0 Å². The summed E-state index contributed by atoms with van der Waals surface area (Å²) in [6.45, 7) is 4.64. The zero-order chi connectivity index (χ0) is 20.8. The van der Waals surface area contributed by atoms with Gasteiger partial charge in [-0.1, -0.05) is 36.4 Å². The number of hydrogen-bond acceptors (Lipinski definition) is 4. The van der Waals surface area contributed by atoms with E-state index < -0.39 is 0 Å². The van der Waals surface area contributed by atoms with E-state index in [9.17, 15) is 4.79 Å². The van der Waals surface area contributed by atoms with Gasteiger partial charge in [0, 0.05) is 36.8 Å². The number of aromatic nitrogens is 1. The van der Waals surface area contributed by atoms with Crippen molar-refractivity contribution in [3.63, 3.8) is 0 Å². The van der Waals surface area contributed by atoms with Gasteiger partial charge in [0.05, 0.1) is 18.5 Å². The molecule has 1 aliphatic heterocycles. The highest BCUT2D eigenvalue weighted by atomic mass is 16.5. The van der Waals surface area contributed by atoms with Crippen molar-refractivity contribution in [3.8, 4) is 5.75 Å². The highest BCUT2D eigenvalue weighted by molar-refractivity contribution is 5.87. The van der Waals surface area contributed by atoms with Gasteiger partial charge in [-0.05, 0) is 49.1 Å². The summed E-state index contributed by atoms with van der Waals surface area (Å²) >= 11 is 0. The first kappa shape index (κ1) is 20.4. The Morgan fingerprint density at radius 3 is 2.63 bits per heavy atom. The molecule has 1 aliphatic rings. The van der Waals surface area contributed by atoms with Crippen LogP contribution in [0.3, 0.4) is 0 Å². The van der Waals surface area contributed by atoms with Gasteiger partial charge >= 0.3 is 0 Å². The molecule has 1 amide bonds. The summed E-state index contributed by atoms with van der Waals surface area (Å²) in [4.78, 5) is 17.3. The molecule has 1 saturated heterocycles. The fraction of sp³-hybridized carbons (Fsp3) is 0.360. The molecule has 0 unspecified atom stereocenters. The molecule has 0 aliphatic carbocycles. The van der Waals surface area contributed by atoms with Gasteiger partial charge in [0.25, 0.3) is 0 Å². The number of carbonyl (C=O) groups is 1. The lowest BCUT2D eigenvalue weighted by molar-refractivity contribution is -0.120. The zero-order valence-corrected chi connectivity index (χ0v) is 17.4. The topological polar surface area (TPSA) is 60.5 Å². The lowest BCUT2D eigenvalue weighted by atomic mass is 9.74. The minimum Gasteiger partial charge on any atom is -0.494 e. The average molecular weight is 405 g/mol. The second-order valence-electron chi connectivity index (χ2n) is 7.80. The lowest BCUT2D eigenvalue weighted by Gasteiger charge is -2.38. The third-order valence-corrected chi connectivity index (χ3v) is 5.92. The maximum Gasteiger partial charge on any atom is 0.224 e. The smallest absolute Gasteiger partial charge is 0.224 e. The fourth-order valence-electron chi connectivity index (χ4n) is 4.21. The molecule has 156 valence electrons. The first-order valence-corrected chi connectivity index (χ1v) is 10.6. The fourth-order valence-corrected chi connectivity index (χ4v) is 4.21. The minimum absolute atomic E-state index is 0.0185. The van der Waals surface area contributed by atoms with Crippen LogP contribution in [-0.4, -0.2) is 37.3 Å². The van der Waals surface area contributed by atoms with Crippen molar-refractivity contribution in [2.75, 3.05) is 26.4 Å². The second kappa shape index (κ2) is 9.26. The number of nitrogens with one attached hydrogen (secondary N) is 1. The SMILES string of the molecule is CCOc1ccc(C2(CNC(=O)Cc3cccc4cccnc34)CCOCC2)cc1. The Morgan fingerprint density at radius 2 is 1.87 bits per heavy atom. The Bertz CT molecular complexity index is 989. The molecule has 30 heavy (non-hydrogen) atoms. The van der Waals surface area contributed by atoms with Crippen LogP contribution < -0.4 is 10.1 Å². The number of para-hydroxylation sites is 1. The maximum absolute atomic E-state index is 12.8. The van der Waals surface area contributed by atoms with Gasteiger partial charge < -0.3 is 14.8 Å². The molecule has 0 atom stereocenters. The Morgan fingerprint density at radius 1 is 1.10 bits per heavy atom. The molecular formula is C25H28N2O3. The van der Waals surface area contributed by atoms with Crippen molar-refractivity contribution in [1.82, 2.24) is 10.3 Å². The number of amides is 1. The molecule has 1 aromatic heterocycles. The van der Waals surface area contributed by atoms with Crippen molar-refractivity contribution < 1.29 is 14.3 Å². The Hall–Kier alpha value is -2.92. The van der Waals surface area contributed by atoms with E-state index in [1.165, 1.54) is 5.56 Å². The number of ether oxygens (including phenoxy) is 2.